The van der Waals surface area contributed by atoms with E-state index in [0.717, 1.165) is 0 Å². The highest BCUT2D eigenvalue weighted by Crippen LogP contribution is 2.13. The molecule has 0 spiro atoms. The van der Waals surface area contributed by atoms with Gasteiger partial charge in [0.05, 0.1) is 0 Å². The van der Waals surface area contributed by atoms with Gasteiger partial charge in [-0.1, -0.05) is 36.4 Å². The van der Waals surface area contributed by atoms with Crippen LogP contribution in [-0.4, -0.2) is 35.5 Å². The number of carboxylic acid groups (broad SMARTS) is 2. The largest absolute Gasteiger partial charge is 0.465 e. The van der Waals surface area contributed by atoms with E-state index in [2.05, 4.69) is 0 Å². The van der Waals surface area contributed by atoms with Gasteiger partial charge in [0, 0.05) is 24.5 Å². The van der Waals surface area contributed by atoms with Crippen molar-refractivity contribution in [3.05, 3.63) is 60.7 Å². The number of rotatable bonds is 4. The fourth-order valence-electron chi connectivity index (χ4n) is 2.07. The van der Waals surface area contributed by atoms with Gasteiger partial charge >= 0.3 is 12.2 Å². The second kappa shape index (κ2) is 9.89. The number of hydrogen-bond donors (Lipinski definition) is 2. The molecule has 2 aromatic carbocycles. The lowest BCUT2D eigenvalue weighted by atomic mass is 10.3. The molecule has 0 fully saturated rings. The smallest absolute Gasteiger partial charge is 0.411 e. The highest BCUT2D eigenvalue weighted by atomic mass is 16.4. The minimum Gasteiger partial charge on any atom is -0.465 e. The Morgan fingerprint density at radius 2 is 1.00 bits per heavy atom. The molecule has 0 heterocycles. The zero-order valence-corrected chi connectivity index (χ0v) is 13.8. The zero-order chi connectivity index (χ0) is 17.9. The van der Waals surface area contributed by atoms with Crippen molar-refractivity contribution < 1.29 is 19.8 Å². The molecular weight excluding hydrogens is 308 g/mol. The monoisotopic (exact) mass is 330 g/mol. The molecule has 0 aliphatic rings. The molecule has 6 nitrogen and oxygen atoms in total. The summed E-state index contributed by atoms with van der Waals surface area (Å²) in [6.07, 6.45) is -1.83. The average Bonchev–Trinajstić information content (AvgIpc) is 2.58. The van der Waals surface area contributed by atoms with E-state index < -0.39 is 12.2 Å². The summed E-state index contributed by atoms with van der Waals surface area (Å²) in [5, 5.41) is 17.5. The van der Waals surface area contributed by atoms with Crippen LogP contribution in [0.4, 0.5) is 21.0 Å². The lowest BCUT2D eigenvalue weighted by molar-refractivity contribution is 0.201. The van der Waals surface area contributed by atoms with Crippen molar-refractivity contribution in [1.29, 1.82) is 0 Å². The number of nitrogens with zero attached hydrogens (tertiary/aromatic N) is 2. The molecule has 2 N–H and O–H groups in total. The standard InChI is InChI=1S/2C9H11NO2/c2*1-2-10(9(11)12)8-6-4-3-5-7-8/h2*3-7H,2H2,1H3,(H,11,12). The number of anilines is 2. The van der Waals surface area contributed by atoms with Crippen LogP contribution in [0, 0.1) is 0 Å². The van der Waals surface area contributed by atoms with E-state index >= 15 is 0 Å². The maximum Gasteiger partial charge on any atom is 0.411 e. The van der Waals surface area contributed by atoms with Crippen molar-refractivity contribution in [2.24, 2.45) is 0 Å². The van der Waals surface area contributed by atoms with Crippen molar-refractivity contribution in [1.82, 2.24) is 0 Å². The molecule has 0 saturated heterocycles. The Morgan fingerprint density at radius 3 is 1.21 bits per heavy atom. The van der Waals surface area contributed by atoms with E-state index in [1.54, 1.807) is 38.1 Å². The Morgan fingerprint density at radius 1 is 0.708 bits per heavy atom. The molecule has 6 heteroatoms. The van der Waals surface area contributed by atoms with Crippen LogP contribution in [0.15, 0.2) is 60.7 Å². The van der Waals surface area contributed by atoms with Crippen molar-refractivity contribution in [3.63, 3.8) is 0 Å². The predicted molar refractivity (Wildman–Crippen MR) is 95.0 cm³/mol. The first-order valence-electron chi connectivity index (χ1n) is 7.62. The van der Waals surface area contributed by atoms with Crippen molar-refractivity contribution in [3.8, 4) is 0 Å². The average molecular weight is 330 g/mol. The van der Waals surface area contributed by atoms with Gasteiger partial charge in [0.1, 0.15) is 0 Å². The second-order valence-electron chi connectivity index (χ2n) is 4.72. The molecule has 0 aromatic heterocycles. The van der Waals surface area contributed by atoms with Crippen LogP contribution in [0.25, 0.3) is 0 Å². The number of para-hydroxylation sites is 2. The Labute approximate surface area is 141 Å². The molecule has 2 aromatic rings. The molecule has 0 atom stereocenters. The molecule has 0 aliphatic heterocycles. The minimum absolute atomic E-state index is 0.472. The molecule has 0 saturated carbocycles. The fraction of sp³-hybridized carbons (Fsp3) is 0.222. The molecule has 0 aliphatic carbocycles. The van der Waals surface area contributed by atoms with Crippen LogP contribution >= 0.6 is 0 Å². The van der Waals surface area contributed by atoms with Gasteiger partial charge in [0.15, 0.2) is 0 Å². The molecule has 128 valence electrons. The third-order valence-electron chi connectivity index (χ3n) is 3.23. The van der Waals surface area contributed by atoms with Gasteiger partial charge < -0.3 is 10.2 Å². The third kappa shape index (κ3) is 5.64. The topological polar surface area (TPSA) is 81.1 Å². The van der Waals surface area contributed by atoms with E-state index in [-0.39, 0.29) is 0 Å². The SMILES string of the molecule is CCN(C(=O)O)c1ccccc1.CCN(C(=O)O)c1ccccc1. The minimum atomic E-state index is -0.913. The van der Waals surface area contributed by atoms with Crippen molar-refractivity contribution in [2.75, 3.05) is 22.9 Å². The summed E-state index contributed by atoms with van der Waals surface area (Å²) in [6, 6.07) is 18.1. The summed E-state index contributed by atoms with van der Waals surface area (Å²) < 4.78 is 0. The highest BCUT2D eigenvalue weighted by molar-refractivity contribution is 5.86. The van der Waals surface area contributed by atoms with Gasteiger partial charge in [0.25, 0.3) is 0 Å². The van der Waals surface area contributed by atoms with Crippen LogP contribution < -0.4 is 9.80 Å². The first-order chi connectivity index (χ1) is 11.5. The number of hydrogen-bond acceptors (Lipinski definition) is 2. The Bertz CT molecular complexity index is 574. The van der Waals surface area contributed by atoms with E-state index in [0.29, 0.717) is 24.5 Å². The van der Waals surface area contributed by atoms with Gasteiger partial charge in [-0.3, -0.25) is 9.80 Å². The fourth-order valence-corrected chi connectivity index (χ4v) is 2.07. The molecule has 2 rings (SSSR count). The summed E-state index contributed by atoms with van der Waals surface area (Å²) in [5.41, 5.74) is 1.43. The summed E-state index contributed by atoms with van der Waals surface area (Å²) in [6.45, 7) is 4.56. The third-order valence-corrected chi connectivity index (χ3v) is 3.23. The maximum atomic E-state index is 10.7. The molecular formula is C18H22N2O4. The van der Waals surface area contributed by atoms with Gasteiger partial charge in [-0.2, -0.15) is 0 Å². The normalized spacial score (nSPS) is 9.42. The molecule has 2 amide bonds. The van der Waals surface area contributed by atoms with Gasteiger partial charge in [0.2, 0.25) is 0 Å². The molecule has 24 heavy (non-hydrogen) atoms. The summed E-state index contributed by atoms with van der Waals surface area (Å²) in [7, 11) is 0. The Hall–Kier alpha value is -3.02. The Balaban J connectivity index is 0.000000240. The number of amides is 2. The van der Waals surface area contributed by atoms with E-state index in [1.807, 2.05) is 36.4 Å². The van der Waals surface area contributed by atoms with E-state index in [9.17, 15) is 9.59 Å². The lowest BCUT2D eigenvalue weighted by Crippen LogP contribution is -2.28. The predicted octanol–water partition coefficient (Wildman–Crippen LogP) is 4.38. The summed E-state index contributed by atoms with van der Waals surface area (Å²) >= 11 is 0. The summed E-state index contributed by atoms with van der Waals surface area (Å²) in [4.78, 5) is 23.9. The molecule has 0 bridgehead atoms. The molecule has 0 radical (unpaired) electrons. The first-order valence-corrected chi connectivity index (χ1v) is 7.62. The van der Waals surface area contributed by atoms with Crippen molar-refractivity contribution >= 4 is 23.6 Å². The van der Waals surface area contributed by atoms with Gasteiger partial charge in [-0.15, -0.1) is 0 Å². The van der Waals surface area contributed by atoms with Crippen LogP contribution in [0.5, 0.6) is 0 Å². The van der Waals surface area contributed by atoms with Crippen molar-refractivity contribution in [2.45, 2.75) is 13.8 Å². The van der Waals surface area contributed by atoms with Gasteiger partial charge in [-0.25, -0.2) is 9.59 Å². The van der Waals surface area contributed by atoms with Crippen LogP contribution in [0.3, 0.4) is 0 Å². The maximum absolute atomic E-state index is 10.7. The lowest BCUT2D eigenvalue weighted by Gasteiger charge is -2.16. The van der Waals surface area contributed by atoms with Gasteiger partial charge in [-0.05, 0) is 38.1 Å². The molecule has 0 unspecified atom stereocenters. The van der Waals surface area contributed by atoms with E-state index in [1.165, 1.54) is 9.80 Å². The second-order valence-corrected chi connectivity index (χ2v) is 4.72. The van der Waals surface area contributed by atoms with Crippen LogP contribution in [0.2, 0.25) is 0 Å². The van der Waals surface area contributed by atoms with E-state index in [4.69, 9.17) is 10.2 Å². The zero-order valence-electron chi connectivity index (χ0n) is 13.8. The quantitative estimate of drug-likeness (QED) is 0.871. The first kappa shape index (κ1) is 19.0. The Kier molecular flexibility index (Phi) is 7.84. The highest BCUT2D eigenvalue weighted by Gasteiger charge is 2.10. The number of benzene rings is 2. The number of carbonyl (C=O) groups is 2. The summed E-state index contributed by atoms with van der Waals surface area (Å²) in [5.74, 6) is 0. The van der Waals surface area contributed by atoms with Crippen LogP contribution in [-0.2, 0) is 0 Å². The van der Waals surface area contributed by atoms with Crippen LogP contribution in [0.1, 0.15) is 13.8 Å².